The highest BCUT2D eigenvalue weighted by molar-refractivity contribution is 5.74. The van der Waals surface area contributed by atoms with Crippen LogP contribution >= 0.6 is 0 Å². The van der Waals surface area contributed by atoms with Crippen LogP contribution in [0.2, 0.25) is 0 Å². The van der Waals surface area contributed by atoms with Crippen LogP contribution in [-0.2, 0) is 11.3 Å². The summed E-state index contributed by atoms with van der Waals surface area (Å²) in [5.74, 6) is 0. The fourth-order valence-corrected chi connectivity index (χ4v) is 3.30. The molecule has 1 unspecified atom stereocenters. The Kier molecular flexibility index (Phi) is 4.63. The van der Waals surface area contributed by atoms with E-state index in [-0.39, 0.29) is 6.03 Å². The zero-order valence-electron chi connectivity index (χ0n) is 12.8. The van der Waals surface area contributed by atoms with Crippen LogP contribution in [0.25, 0.3) is 0 Å². The van der Waals surface area contributed by atoms with E-state index < -0.39 is 11.7 Å². The zero-order valence-corrected chi connectivity index (χ0v) is 12.8. The Balaban J connectivity index is 1.43. The molecule has 1 aromatic heterocycles. The predicted octanol–water partition coefficient (Wildman–Crippen LogP) is 0.599. The number of ether oxygens (including phenoxy) is 1. The normalized spacial score (nSPS) is 24.4. The van der Waals surface area contributed by atoms with Gasteiger partial charge >= 0.3 is 6.03 Å². The molecule has 0 bridgehead atoms. The van der Waals surface area contributed by atoms with Gasteiger partial charge in [-0.25, -0.2) is 4.79 Å². The second-order valence-electron chi connectivity index (χ2n) is 6.06. The third-order valence-electron chi connectivity index (χ3n) is 4.69. The molecule has 0 radical (unpaired) electrons. The summed E-state index contributed by atoms with van der Waals surface area (Å²) >= 11 is 0. The minimum atomic E-state index is -0.426. The highest BCUT2D eigenvalue weighted by Gasteiger charge is 2.44. The van der Waals surface area contributed by atoms with Crippen molar-refractivity contribution in [3.05, 3.63) is 18.5 Å². The van der Waals surface area contributed by atoms with Crippen LogP contribution in [0.15, 0.2) is 18.5 Å². The topological polar surface area (TPSA) is 79.6 Å². The fraction of sp³-hybridized carbons (Fsp3) is 0.733. The number of urea groups is 1. The van der Waals surface area contributed by atoms with Crippen LogP contribution in [0, 0.1) is 0 Å². The van der Waals surface area contributed by atoms with E-state index in [1.165, 1.54) is 0 Å². The molecule has 1 atom stereocenters. The molecule has 1 spiro atoms. The number of hydrogen-bond donors (Lipinski definition) is 2. The van der Waals surface area contributed by atoms with Crippen molar-refractivity contribution in [1.29, 1.82) is 0 Å². The summed E-state index contributed by atoms with van der Waals surface area (Å²) in [6.45, 7) is 3.20. The van der Waals surface area contributed by atoms with E-state index in [2.05, 4.69) is 10.4 Å². The van der Waals surface area contributed by atoms with Gasteiger partial charge in [-0.1, -0.05) is 0 Å². The Bertz CT molecular complexity index is 483. The SMILES string of the molecule is O=C(NCCn1cccn1)N1CCC2(CC1)OCCCC2O. The average molecular weight is 308 g/mol. The molecule has 2 aliphatic heterocycles. The Morgan fingerprint density at radius 1 is 1.45 bits per heavy atom. The van der Waals surface area contributed by atoms with E-state index in [0.717, 1.165) is 12.8 Å². The molecule has 2 saturated heterocycles. The lowest BCUT2D eigenvalue weighted by Crippen LogP contribution is -2.57. The van der Waals surface area contributed by atoms with Gasteiger partial charge < -0.3 is 20.1 Å². The summed E-state index contributed by atoms with van der Waals surface area (Å²) < 4.78 is 7.65. The molecule has 1 aromatic rings. The van der Waals surface area contributed by atoms with E-state index in [9.17, 15) is 9.90 Å². The monoisotopic (exact) mass is 308 g/mol. The first kappa shape index (κ1) is 15.3. The third-order valence-corrected chi connectivity index (χ3v) is 4.69. The first-order valence-corrected chi connectivity index (χ1v) is 8.02. The summed E-state index contributed by atoms with van der Waals surface area (Å²) in [4.78, 5) is 14.0. The number of nitrogens with one attached hydrogen (secondary N) is 1. The van der Waals surface area contributed by atoms with Crippen LogP contribution in [0.5, 0.6) is 0 Å². The van der Waals surface area contributed by atoms with Gasteiger partial charge in [-0.2, -0.15) is 5.10 Å². The van der Waals surface area contributed by atoms with Crippen molar-refractivity contribution in [2.75, 3.05) is 26.2 Å². The molecule has 0 aliphatic carbocycles. The maximum Gasteiger partial charge on any atom is 0.317 e. The maximum absolute atomic E-state index is 12.2. The van der Waals surface area contributed by atoms with Crippen molar-refractivity contribution in [3.8, 4) is 0 Å². The summed E-state index contributed by atoms with van der Waals surface area (Å²) in [5.41, 5.74) is -0.426. The molecule has 7 heteroatoms. The van der Waals surface area contributed by atoms with E-state index in [1.807, 2.05) is 12.3 Å². The lowest BCUT2D eigenvalue weighted by Gasteiger charge is -2.46. The number of rotatable bonds is 3. The molecule has 2 amide bonds. The minimum Gasteiger partial charge on any atom is -0.390 e. The number of aromatic nitrogens is 2. The van der Waals surface area contributed by atoms with Crippen molar-refractivity contribution >= 4 is 6.03 Å². The van der Waals surface area contributed by atoms with Gasteiger partial charge in [0.25, 0.3) is 0 Å². The van der Waals surface area contributed by atoms with Crippen molar-refractivity contribution in [2.24, 2.45) is 0 Å². The molecular formula is C15H24N4O3. The van der Waals surface area contributed by atoms with Crippen LogP contribution in [-0.4, -0.2) is 63.8 Å². The molecule has 3 rings (SSSR count). The highest BCUT2D eigenvalue weighted by atomic mass is 16.5. The fourth-order valence-electron chi connectivity index (χ4n) is 3.30. The molecule has 2 fully saturated rings. The number of piperidine rings is 1. The first-order chi connectivity index (χ1) is 10.7. The maximum atomic E-state index is 12.2. The number of amides is 2. The molecule has 7 nitrogen and oxygen atoms in total. The molecule has 122 valence electrons. The quantitative estimate of drug-likeness (QED) is 0.857. The summed E-state index contributed by atoms with van der Waals surface area (Å²) in [6, 6.07) is 1.81. The van der Waals surface area contributed by atoms with E-state index in [4.69, 9.17) is 4.74 Å². The second-order valence-corrected chi connectivity index (χ2v) is 6.06. The smallest absolute Gasteiger partial charge is 0.317 e. The molecule has 3 heterocycles. The third kappa shape index (κ3) is 3.25. The summed E-state index contributed by atoms with van der Waals surface area (Å²) in [7, 11) is 0. The van der Waals surface area contributed by atoms with Crippen LogP contribution in [0.4, 0.5) is 4.79 Å². The average Bonchev–Trinajstić information content (AvgIpc) is 3.04. The van der Waals surface area contributed by atoms with Crippen LogP contribution in [0.3, 0.4) is 0 Å². The number of aliphatic hydroxyl groups excluding tert-OH is 1. The highest BCUT2D eigenvalue weighted by Crippen LogP contribution is 2.35. The summed E-state index contributed by atoms with van der Waals surface area (Å²) in [5, 5.41) is 17.2. The van der Waals surface area contributed by atoms with Crippen molar-refractivity contribution in [1.82, 2.24) is 20.0 Å². The minimum absolute atomic E-state index is 0.0488. The van der Waals surface area contributed by atoms with Gasteiger partial charge in [-0.3, -0.25) is 4.68 Å². The van der Waals surface area contributed by atoms with Crippen LogP contribution < -0.4 is 5.32 Å². The number of nitrogens with zero attached hydrogens (tertiary/aromatic N) is 3. The standard InChI is InChI=1S/C15H24N4O3/c20-13-3-1-12-22-15(13)4-9-18(10-5-15)14(21)16-7-11-19-8-2-6-17-19/h2,6,8,13,20H,1,3-5,7,9-12H2,(H,16,21). The number of likely N-dealkylation sites (tertiary alicyclic amines) is 1. The van der Waals surface area contributed by atoms with Gasteiger partial charge in [0.1, 0.15) is 0 Å². The van der Waals surface area contributed by atoms with Gasteiger partial charge in [-0.15, -0.1) is 0 Å². The molecular weight excluding hydrogens is 284 g/mol. The Labute approximate surface area is 130 Å². The lowest BCUT2D eigenvalue weighted by molar-refractivity contribution is -0.173. The van der Waals surface area contributed by atoms with Gasteiger partial charge in [-0.05, 0) is 31.7 Å². The molecule has 2 N–H and O–H groups in total. The number of aliphatic hydroxyl groups is 1. The Morgan fingerprint density at radius 2 is 2.27 bits per heavy atom. The molecule has 0 aromatic carbocycles. The lowest BCUT2D eigenvalue weighted by atomic mass is 9.82. The Hall–Kier alpha value is -1.60. The molecule has 2 aliphatic rings. The number of hydrogen-bond acceptors (Lipinski definition) is 4. The van der Waals surface area contributed by atoms with Gasteiger partial charge in [0.15, 0.2) is 0 Å². The van der Waals surface area contributed by atoms with E-state index in [0.29, 0.717) is 45.6 Å². The number of carbonyl (C=O) groups excluding carboxylic acids is 1. The predicted molar refractivity (Wildman–Crippen MR) is 80.4 cm³/mol. The largest absolute Gasteiger partial charge is 0.390 e. The molecule has 22 heavy (non-hydrogen) atoms. The van der Waals surface area contributed by atoms with Gasteiger partial charge in [0.2, 0.25) is 0 Å². The Morgan fingerprint density at radius 3 is 2.95 bits per heavy atom. The van der Waals surface area contributed by atoms with Gasteiger partial charge in [0.05, 0.1) is 18.2 Å². The van der Waals surface area contributed by atoms with E-state index >= 15 is 0 Å². The van der Waals surface area contributed by atoms with Crippen molar-refractivity contribution in [2.45, 2.75) is 43.9 Å². The van der Waals surface area contributed by atoms with Crippen molar-refractivity contribution < 1.29 is 14.6 Å². The second kappa shape index (κ2) is 6.66. The first-order valence-electron chi connectivity index (χ1n) is 8.02. The zero-order chi connectivity index (χ0) is 15.4. The molecule has 0 saturated carbocycles. The van der Waals surface area contributed by atoms with Crippen molar-refractivity contribution in [3.63, 3.8) is 0 Å². The van der Waals surface area contributed by atoms with E-state index in [1.54, 1.807) is 15.8 Å². The summed E-state index contributed by atoms with van der Waals surface area (Å²) in [6.07, 6.45) is 6.34. The van der Waals surface area contributed by atoms with Gasteiger partial charge in [0, 0.05) is 38.6 Å². The number of carbonyl (C=O) groups is 1. The van der Waals surface area contributed by atoms with Crippen LogP contribution in [0.1, 0.15) is 25.7 Å².